The van der Waals surface area contributed by atoms with Gasteiger partial charge in [-0.05, 0) is 0 Å². The van der Waals surface area contributed by atoms with Crippen molar-refractivity contribution in [3.63, 3.8) is 0 Å². The zero-order valence-electron chi connectivity index (χ0n) is 14.0. The molecule has 0 bridgehead atoms. The number of carbonyl (C=O) groups excluding carboxylic acids is 6. The Bertz CT molecular complexity index is 779. The molecule has 2 rings (SSSR count). The van der Waals surface area contributed by atoms with Crippen LogP contribution < -0.4 is 0 Å². The highest BCUT2D eigenvalue weighted by Gasteiger charge is 2.33. The summed E-state index contributed by atoms with van der Waals surface area (Å²) in [7, 11) is 1.06. The fraction of sp³-hybridized carbons (Fsp3) is 0.267. The molecular weight excluding hydrogens is 364 g/mol. The van der Waals surface area contributed by atoms with E-state index in [9.17, 15) is 33.6 Å². The molecule has 2 aliphatic heterocycles. The summed E-state index contributed by atoms with van der Waals surface area (Å²) in [6, 6.07) is 0. The van der Waals surface area contributed by atoms with Crippen LogP contribution in [-0.2, 0) is 33.6 Å². The van der Waals surface area contributed by atoms with Gasteiger partial charge in [-0.2, -0.15) is 0 Å². The summed E-state index contributed by atoms with van der Waals surface area (Å²) in [5, 5.41) is 10.1. The average molecular weight is 378 g/mol. The standard InChI is InChI=1S/C15H14N4O8/c1-16(13(24)6-17-9(20)2-3-10(17)21)19(8-15(26)27)14(25)7-18-11(22)4-5-12(18)23/h2-5H,6-8H2,1H3,(H,26,27). The molecule has 0 spiro atoms. The molecule has 1 N–H and O–H groups in total. The summed E-state index contributed by atoms with van der Waals surface area (Å²) >= 11 is 0. The SMILES string of the molecule is CN(C(=O)CN1C(=O)C=CC1=O)N(CC(=O)O)C(=O)CN1C(=O)C=CC1=O. The van der Waals surface area contributed by atoms with Crippen LogP contribution in [0.15, 0.2) is 24.3 Å². The summed E-state index contributed by atoms with van der Waals surface area (Å²) < 4.78 is 0. The lowest BCUT2D eigenvalue weighted by Crippen LogP contribution is -2.55. The number of hydrogen-bond acceptors (Lipinski definition) is 7. The molecule has 0 aromatic carbocycles. The van der Waals surface area contributed by atoms with E-state index in [1.807, 2.05) is 0 Å². The largest absolute Gasteiger partial charge is 0.480 e. The third-order valence-corrected chi connectivity index (χ3v) is 3.68. The Labute approximate surface area is 151 Å². The van der Waals surface area contributed by atoms with Crippen LogP contribution in [0, 0.1) is 0 Å². The van der Waals surface area contributed by atoms with Crippen LogP contribution in [0.3, 0.4) is 0 Å². The van der Waals surface area contributed by atoms with Gasteiger partial charge in [0.25, 0.3) is 35.4 Å². The first kappa shape index (κ1) is 19.5. The van der Waals surface area contributed by atoms with Crippen molar-refractivity contribution in [1.29, 1.82) is 0 Å². The number of amides is 6. The van der Waals surface area contributed by atoms with Crippen molar-refractivity contribution in [1.82, 2.24) is 19.8 Å². The van der Waals surface area contributed by atoms with Gasteiger partial charge in [0.15, 0.2) is 0 Å². The van der Waals surface area contributed by atoms with Crippen LogP contribution in [0.5, 0.6) is 0 Å². The third kappa shape index (κ3) is 4.23. The first-order valence-corrected chi connectivity index (χ1v) is 7.47. The molecule has 0 saturated carbocycles. The van der Waals surface area contributed by atoms with Crippen molar-refractivity contribution < 1.29 is 38.7 Å². The van der Waals surface area contributed by atoms with Crippen molar-refractivity contribution in [2.24, 2.45) is 0 Å². The fourth-order valence-corrected chi connectivity index (χ4v) is 2.25. The van der Waals surface area contributed by atoms with Gasteiger partial charge in [-0.15, -0.1) is 0 Å². The van der Waals surface area contributed by atoms with Gasteiger partial charge in [0.1, 0.15) is 19.6 Å². The average Bonchev–Trinajstić information content (AvgIpc) is 3.08. The number of carboxylic acid groups (broad SMARTS) is 1. The molecule has 0 aromatic heterocycles. The van der Waals surface area contributed by atoms with Crippen LogP contribution in [0.1, 0.15) is 0 Å². The van der Waals surface area contributed by atoms with E-state index in [0.717, 1.165) is 31.4 Å². The van der Waals surface area contributed by atoms with Gasteiger partial charge < -0.3 is 5.11 Å². The summed E-state index contributed by atoms with van der Waals surface area (Å²) in [5.41, 5.74) is 0. The number of imide groups is 2. The second-order valence-electron chi connectivity index (χ2n) is 5.45. The molecule has 0 unspecified atom stereocenters. The molecular formula is C15H14N4O8. The smallest absolute Gasteiger partial charge is 0.325 e. The highest BCUT2D eigenvalue weighted by molar-refractivity contribution is 6.15. The zero-order chi connectivity index (χ0) is 20.3. The molecule has 27 heavy (non-hydrogen) atoms. The number of hydrazine groups is 1. The van der Waals surface area contributed by atoms with Gasteiger partial charge in [-0.25, -0.2) is 5.01 Å². The minimum Gasteiger partial charge on any atom is -0.480 e. The monoisotopic (exact) mass is 378 g/mol. The Morgan fingerprint density at radius 1 is 0.815 bits per heavy atom. The fourth-order valence-electron chi connectivity index (χ4n) is 2.25. The maximum atomic E-state index is 12.4. The van der Waals surface area contributed by atoms with Crippen LogP contribution in [0.25, 0.3) is 0 Å². The Morgan fingerprint density at radius 3 is 1.56 bits per heavy atom. The molecule has 6 amide bonds. The van der Waals surface area contributed by atoms with Gasteiger partial charge in [0.05, 0.1) is 0 Å². The number of carboxylic acids is 1. The van der Waals surface area contributed by atoms with E-state index in [0.29, 0.717) is 19.8 Å². The van der Waals surface area contributed by atoms with Crippen molar-refractivity contribution in [2.75, 3.05) is 26.7 Å². The molecule has 0 aromatic rings. The van der Waals surface area contributed by atoms with E-state index in [4.69, 9.17) is 5.11 Å². The van der Waals surface area contributed by atoms with Crippen molar-refractivity contribution >= 4 is 41.4 Å². The highest BCUT2D eigenvalue weighted by atomic mass is 16.4. The lowest BCUT2D eigenvalue weighted by atomic mass is 10.4. The predicted molar refractivity (Wildman–Crippen MR) is 83.8 cm³/mol. The maximum Gasteiger partial charge on any atom is 0.325 e. The van der Waals surface area contributed by atoms with E-state index >= 15 is 0 Å². The van der Waals surface area contributed by atoms with Crippen molar-refractivity contribution in [3.05, 3.63) is 24.3 Å². The summed E-state index contributed by atoms with van der Waals surface area (Å²) in [6.07, 6.45) is 3.83. The number of carbonyl (C=O) groups is 7. The second kappa shape index (κ2) is 7.59. The molecule has 12 nitrogen and oxygen atoms in total. The van der Waals surface area contributed by atoms with E-state index in [1.165, 1.54) is 0 Å². The minimum absolute atomic E-state index is 0.502. The van der Waals surface area contributed by atoms with Crippen LogP contribution >= 0.6 is 0 Å². The molecule has 0 saturated heterocycles. The zero-order valence-corrected chi connectivity index (χ0v) is 14.0. The molecule has 0 atom stereocenters. The summed E-state index contributed by atoms with van der Waals surface area (Å²) in [5.74, 6) is -6.36. The van der Waals surface area contributed by atoms with Crippen molar-refractivity contribution in [2.45, 2.75) is 0 Å². The quantitative estimate of drug-likeness (QED) is 0.382. The summed E-state index contributed by atoms with van der Waals surface area (Å²) in [4.78, 5) is 83.0. The van der Waals surface area contributed by atoms with Crippen LogP contribution in [0.4, 0.5) is 0 Å². The Morgan fingerprint density at radius 2 is 1.19 bits per heavy atom. The lowest BCUT2D eigenvalue weighted by Gasteiger charge is -2.32. The molecule has 2 aliphatic rings. The van der Waals surface area contributed by atoms with Gasteiger partial charge in [-0.3, -0.25) is 48.4 Å². The lowest BCUT2D eigenvalue weighted by molar-refractivity contribution is -0.168. The maximum absolute atomic E-state index is 12.4. The third-order valence-electron chi connectivity index (χ3n) is 3.68. The normalized spacial score (nSPS) is 15.7. The van der Waals surface area contributed by atoms with Crippen LogP contribution in [0.2, 0.25) is 0 Å². The number of hydrogen-bond donors (Lipinski definition) is 1. The number of aliphatic carboxylic acids is 1. The van der Waals surface area contributed by atoms with E-state index in [2.05, 4.69) is 0 Å². The number of nitrogens with zero attached hydrogens (tertiary/aromatic N) is 4. The molecule has 12 heteroatoms. The molecule has 0 aliphatic carbocycles. The Kier molecular flexibility index (Phi) is 5.48. The molecule has 0 fully saturated rings. The van der Waals surface area contributed by atoms with Gasteiger partial charge in [0, 0.05) is 31.4 Å². The molecule has 0 radical (unpaired) electrons. The second-order valence-corrected chi connectivity index (χ2v) is 5.45. The number of likely N-dealkylation sites (N-methyl/N-ethyl adjacent to an activating group) is 1. The summed E-state index contributed by atoms with van der Waals surface area (Å²) in [6.45, 7) is -2.43. The highest BCUT2D eigenvalue weighted by Crippen LogP contribution is 2.08. The Hall–Kier alpha value is -3.83. The van der Waals surface area contributed by atoms with Gasteiger partial charge in [-0.1, -0.05) is 0 Å². The first-order valence-electron chi connectivity index (χ1n) is 7.47. The van der Waals surface area contributed by atoms with Crippen molar-refractivity contribution in [3.8, 4) is 0 Å². The van der Waals surface area contributed by atoms with E-state index in [1.54, 1.807) is 0 Å². The Balaban J connectivity index is 2.10. The first-order chi connectivity index (χ1) is 12.6. The van der Waals surface area contributed by atoms with Crippen LogP contribution in [-0.4, -0.2) is 93.0 Å². The number of rotatable bonds is 6. The van der Waals surface area contributed by atoms with Gasteiger partial charge in [0.2, 0.25) is 0 Å². The predicted octanol–water partition coefficient (Wildman–Crippen LogP) is -2.88. The minimum atomic E-state index is -1.46. The van der Waals surface area contributed by atoms with E-state index < -0.39 is 61.0 Å². The topological polar surface area (TPSA) is 153 Å². The van der Waals surface area contributed by atoms with Gasteiger partial charge >= 0.3 is 5.97 Å². The molecule has 2 heterocycles. The van der Waals surface area contributed by atoms with E-state index in [-0.39, 0.29) is 0 Å². The molecule has 142 valence electrons.